The third-order valence-electron chi connectivity index (χ3n) is 4.36. The predicted molar refractivity (Wildman–Crippen MR) is 107 cm³/mol. The number of methoxy groups -OCH3 is 1. The van der Waals surface area contributed by atoms with E-state index in [0.717, 1.165) is 17.7 Å². The van der Waals surface area contributed by atoms with Crippen LogP contribution < -0.4 is 15.4 Å². The number of carbonyl (C=O) groups excluding carboxylic acids is 2. The largest absolute Gasteiger partial charge is 0.497 e. The highest BCUT2D eigenvalue weighted by Crippen LogP contribution is 2.14. The van der Waals surface area contributed by atoms with E-state index in [4.69, 9.17) is 4.74 Å². The molecule has 0 spiro atoms. The minimum Gasteiger partial charge on any atom is -0.497 e. The quantitative estimate of drug-likeness (QED) is 0.629. The van der Waals surface area contributed by atoms with Crippen molar-refractivity contribution in [3.05, 3.63) is 65.7 Å². The van der Waals surface area contributed by atoms with Gasteiger partial charge in [-0.1, -0.05) is 25.1 Å². The van der Waals surface area contributed by atoms with Crippen LogP contribution >= 0.6 is 0 Å². The van der Waals surface area contributed by atoms with Gasteiger partial charge >= 0.3 is 0 Å². The molecule has 2 amide bonds. The van der Waals surface area contributed by atoms with Gasteiger partial charge in [0.2, 0.25) is 5.82 Å². The van der Waals surface area contributed by atoms with E-state index < -0.39 is 0 Å². The Hall–Kier alpha value is -3.35. The van der Waals surface area contributed by atoms with Gasteiger partial charge in [-0.25, -0.2) is 4.98 Å². The van der Waals surface area contributed by atoms with E-state index in [2.05, 4.69) is 15.6 Å². The molecule has 28 heavy (non-hydrogen) atoms. The Morgan fingerprint density at radius 1 is 1.04 bits per heavy atom. The normalized spacial score (nSPS) is 10.6. The number of ether oxygens (including phenoxy) is 1. The number of benzene rings is 1. The van der Waals surface area contributed by atoms with Gasteiger partial charge in [-0.2, -0.15) is 0 Å². The third kappa shape index (κ3) is 4.31. The molecule has 3 aromatic rings. The van der Waals surface area contributed by atoms with Crippen molar-refractivity contribution in [3.63, 3.8) is 0 Å². The number of aromatic nitrogens is 2. The summed E-state index contributed by atoms with van der Waals surface area (Å²) >= 11 is 0. The van der Waals surface area contributed by atoms with Gasteiger partial charge in [-0.3, -0.25) is 14.0 Å². The fraction of sp³-hybridized carbons (Fsp3) is 0.286. The molecule has 146 valence electrons. The highest BCUT2D eigenvalue weighted by Gasteiger charge is 2.20. The summed E-state index contributed by atoms with van der Waals surface area (Å²) in [6.07, 6.45) is 3.25. The summed E-state index contributed by atoms with van der Waals surface area (Å²) in [5, 5.41) is 5.69. The molecule has 0 fully saturated rings. The molecule has 0 radical (unpaired) electrons. The van der Waals surface area contributed by atoms with Crippen molar-refractivity contribution in [2.75, 3.05) is 20.2 Å². The summed E-state index contributed by atoms with van der Waals surface area (Å²) in [6, 6.07) is 13.1. The molecule has 2 N–H and O–H groups in total. The van der Waals surface area contributed by atoms with Crippen LogP contribution in [-0.4, -0.2) is 41.4 Å². The summed E-state index contributed by atoms with van der Waals surface area (Å²) in [5.41, 5.74) is 1.96. The Morgan fingerprint density at radius 3 is 2.50 bits per heavy atom. The van der Waals surface area contributed by atoms with Crippen molar-refractivity contribution in [1.82, 2.24) is 20.0 Å². The van der Waals surface area contributed by atoms with Crippen molar-refractivity contribution in [3.8, 4) is 5.75 Å². The number of fused-ring (bicyclic) bond motifs is 1. The molecule has 2 aromatic heterocycles. The highest BCUT2D eigenvalue weighted by molar-refractivity contribution is 6.02. The number of carbonyl (C=O) groups is 2. The van der Waals surface area contributed by atoms with Gasteiger partial charge in [0.05, 0.1) is 12.6 Å². The maximum atomic E-state index is 12.7. The van der Waals surface area contributed by atoms with E-state index in [1.807, 2.05) is 37.3 Å². The van der Waals surface area contributed by atoms with Gasteiger partial charge in [0.15, 0.2) is 5.69 Å². The molecular weight excluding hydrogens is 356 g/mol. The minimum atomic E-state index is -0.316. The van der Waals surface area contributed by atoms with E-state index in [0.29, 0.717) is 25.0 Å². The molecule has 0 aliphatic carbocycles. The Kier molecular flexibility index (Phi) is 6.26. The van der Waals surface area contributed by atoms with Gasteiger partial charge in [0, 0.05) is 19.3 Å². The molecule has 0 aliphatic rings. The van der Waals surface area contributed by atoms with Gasteiger partial charge in [0.1, 0.15) is 5.75 Å². The van der Waals surface area contributed by atoms with Crippen LogP contribution in [0.5, 0.6) is 5.75 Å². The molecular formula is C21H24N4O3. The van der Waals surface area contributed by atoms with Crippen LogP contribution in [0.25, 0.3) is 5.52 Å². The van der Waals surface area contributed by atoms with Gasteiger partial charge in [-0.15, -0.1) is 0 Å². The maximum Gasteiger partial charge on any atom is 0.287 e. The van der Waals surface area contributed by atoms with Crippen molar-refractivity contribution in [2.45, 2.75) is 19.8 Å². The molecule has 0 bridgehead atoms. The number of hydrogen-bond donors (Lipinski definition) is 2. The zero-order chi connectivity index (χ0) is 19.9. The SMILES string of the molecule is CCCNC(=O)c1nc(C(=O)NCCc2ccc(OC)cc2)n2ccccc12. The van der Waals surface area contributed by atoms with Crippen LogP contribution in [0, 0.1) is 0 Å². The molecule has 2 heterocycles. The number of pyridine rings is 1. The lowest BCUT2D eigenvalue weighted by atomic mass is 10.1. The molecule has 1 aromatic carbocycles. The maximum absolute atomic E-state index is 12.7. The van der Waals surface area contributed by atoms with Crippen LogP contribution in [-0.2, 0) is 6.42 Å². The van der Waals surface area contributed by atoms with Crippen LogP contribution in [0.2, 0.25) is 0 Å². The first-order valence-corrected chi connectivity index (χ1v) is 9.30. The number of hydrogen-bond acceptors (Lipinski definition) is 4. The molecule has 3 rings (SSSR count). The Bertz CT molecular complexity index is 963. The topological polar surface area (TPSA) is 84.7 Å². The molecule has 7 heteroatoms. The Labute approximate surface area is 163 Å². The number of imidazole rings is 1. The summed E-state index contributed by atoms with van der Waals surface area (Å²) in [7, 11) is 1.63. The molecule has 0 aliphatic heterocycles. The van der Waals surface area contributed by atoms with Gasteiger partial charge < -0.3 is 15.4 Å². The van der Waals surface area contributed by atoms with Crippen molar-refractivity contribution in [1.29, 1.82) is 0 Å². The smallest absolute Gasteiger partial charge is 0.287 e. The van der Waals surface area contributed by atoms with E-state index in [1.165, 1.54) is 0 Å². The molecule has 0 saturated heterocycles. The zero-order valence-corrected chi connectivity index (χ0v) is 16.1. The molecule has 0 atom stereocenters. The first kappa shape index (κ1) is 19.4. The second kappa shape index (κ2) is 9.03. The Balaban J connectivity index is 1.71. The van der Waals surface area contributed by atoms with Gasteiger partial charge in [0.25, 0.3) is 11.8 Å². The fourth-order valence-corrected chi connectivity index (χ4v) is 2.88. The standard InChI is InChI=1S/C21H24N4O3/c1-3-12-22-20(26)18-17-6-4-5-14-25(17)19(24-18)21(27)23-13-11-15-7-9-16(28-2)10-8-15/h4-10,14H,3,11-13H2,1-2H3,(H,22,26)(H,23,27). The van der Waals surface area contributed by atoms with Crippen LogP contribution in [0.4, 0.5) is 0 Å². The highest BCUT2D eigenvalue weighted by atomic mass is 16.5. The van der Waals surface area contributed by atoms with Crippen LogP contribution in [0.15, 0.2) is 48.7 Å². The average Bonchev–Trinajstić information content (AvgIpc) is 3.12. The van der Waals surface area contributed by atoms with Crippen molar-refractivity contribution < 1.29 is 14.3 Å². The van der Waals surface area contributed by atoms with E-state index >= 15 is 0 Å². The van der Waals surface area contributed by atoms with E-state index in [-0.39, 0.29) is 23.3 Å². The van der Waals surface area contributed by atoms with Gasteiger partial charge in [-0.05, 0) is 42.7 Å². The number of rotatable bonds is 8. The number of nitrogens with one attached hydrogen (secondary N) is 2. The lowest BCUT2D eigenvalue weighted by Crippen LogP contribution is -2.28. The average molecular weight is 380 g/mol. The van der Waals surface area contributed by atoms with Crippen LogP contribution in [0.1, 0.15) is 40.0 Å². The third-order valence-corrected chi connectivity index (χ3v) is 4.36. The summed E-state index contributed by atoms with van der Waals surface area (Å²) in [4.78, 5) is 29.3. The number of nitrogens with zero attached hydrogens (tertiary/aromatic N) is 2. The van der Waals surface area contributed by atoms with Crippen LogP contribution in [0.3, 0.4) is 0 Å². The lowest BCUT2D eigenvalue weighted by molar-refractivity contribution is 0.0943. The molecule has 7 nitrogen and oxygen atoms in total. The Morgan fingerprint density at radius 2 is 1.79 bits per heavy atom. The van der Waals surface area contributed by atoms with E-state index in [1.54, 1.807) is 29.8 Å². The molecule has 0 saturated carbocycles. The fourth-order valence-electron chi connectivity index (χ4n) is 2.88. The van der Waals surface area contributed by atoms with E-state index in [9.17, 15) is 9.59 Å². The lowest BCUT2D eigenvalue weighted by Gasteiger charge is -2.06. The first-order valence-electron chi connectivity index (χ1n) is 9.30. The molecule has 0 unspecified atom stereocenters. The summed E-state index contributed by atoms with van der Waals surface area (Å²) < 4.78 is 6.79. The zero-order valence-electron chi connectivity index (χ0n) is 16.1. The predicted octanol–water partition coefficient (Wildman–Crippen LogP) is 2.46. The van der Waals surface area contributed by atoms with Crippen molar-refractivity contribution in [2.24, 2.45) is 0 Å². The van der Waals surface area contributed by atoms with Crippen molar-refractivity contribution >= 4 is 17.3 Å². The first-order chi connectivity index (χ1) is 13.6. The second-order valence-corrected chi connectivity index (χ2v) is 6.35. The monoisotopic (exact) mass is 380 g/mol. The number of amides is 2. The second-order valence-electron chi connectivity index (χ2n) is 6.35. The minimum absolute atomic E-state index is 0.201. The summed E-state index contributed by atoms with van der Waals surface area (Å²) in [5.74, 6) is 0.407. The summed E-state index contributed by atoms with van der Waals surface area (Å²) in [6.45, 7) is 3.01.